The highest BCUT2D eigenvalue weighted by Crippen LogP contribution is 2.36. The highest BCUT2D eigenvalue weighted by Gasteiger charge is 2.51. The van der Waals surface area contributed by atoms with Gasteiger partial charge >= 0.3 is 7.12 Å². The fourth-order valence-electron chi connectivity index (χ4n) is 2.22. The molecule has 1 aliphatic heterocycles. The predicted octanol–water partition coefficient (Wildman–Crippen LogP) is 3.10. The minimum absolute atomic E-state index is 0.372. The molecule has 1 fully saturated rings. The van der Waals surface area contributed by atoms with Crippen molar-refractivity contribution in [3.8, 4) is 11.4 Å². The van der Waals surface area contributed by atoms with Gasteiger partial charge in [-0.15, -0.1) is 0 Å². The lowest BCUT2D eigenvalue weighted by atomic mass is 9.81. The predicted molar refractivity (Wildman–Crippen MR) is 88.2 cm³/mol. The van der Waals surface area contributed by atoms with Gasteiger partial charge in [-0.1, -0.05) is 23.7 Å². The molecule has 0 N–H and O–H groups in total. The molecule has 0 bridgehead atoms. The summed E-state index contributed by atoms with van der Waals surface area (Å²) in [6.45, 7) is 8.09. The summed E-state index contributed by atoms with van der Waals surface area (Å²) in [5.41, 5.74) is 0.949. The van der Waals surface area contributed by atoms with Crippen LogP contribution < -0.4 is 5.46 Å². The number of hydrogen-bond donors (Lipinski definition) is 0. The molecule has 3 rings (SSSR count). The van der Waals surface area contributed by atoms with Crippen LogP contribution in [0.4, 0.5) is 0 Å². The quantitative estimate of drug-likeness (QED) is 0.799. The molecular weight excluding hydrogens is 298 g/mol. The van der Waals surface area contributed by atoms with E-state index in [1.807, 2.05) is 52.0 Å². The van der Waals surface area contributed by atoms with Gasteiger partial charge in [0.15, 0.2) is 5.82 Å². The SMILES string of the molecule is CC1(C)OB(c2cnc(-c3cccc(Cl)c3)nc2)OC1(C)C. The van der Waals surface area contributed by atoms with E-state index in [9.17, 15) is 0 Å². The first kappa shape index (κ1) is 15.5. The van der Waals surface area contributed by atoms with E-state index < -0.39 is 7.12 Å². The van der Waals surface area contributed by atoms with Crippen molar-refractivity contribution in [1.82, 2.24) is 9.97 Å². The standard InChI is InChI=1S/C16H18BClN2O2/c1-15(2)16(3,4)22-17(21-15)12-9-19-14(20-10-12)11-6-5-7-13(18)8-11/h5-10H,1-4H3. The summed E-state index contributed by atoms with van der Waals surface area (Å²) >= 11 is 6.00. The van der Waals surface area contributed by atoms with E-state index in [4.69, 9.17) is 20.9 Å². The van der Waals surface area contributed by atoms with Crippen molar-refractivity contribution in [1.29, 1.82) is 0 Å². The highest BCUT2D eigenvalue weighted by molar-refractivity contribution is 6.61. The molecule has 22 heavy (non-hydrogen) atoms. The van der Waals surface area contributed by atoms with Gasteiger partial charge in [-0.2, -0.15) is 0 Å². The fourth-order valence-corrected chi connectivity index (χ4v) is 2.41. The fraction of sp³-hybridized carbons (Fsp3) is 0.375. The van der Waals surface area contributed by atoms with Crippen LogP contribution in [-0.2, 0) is 9.31 Å². The van der Waals surface area contributed by atoms with Crippen molar-refractivity contribution in [3.63, 3.8) is 0 Å². The Morgan fingerprint density at radius 1 is 1.00 bits per heavy atom. The third-order valence-electron chi connectivity index (χ3n) is 4.28. The van der Waals surface area contributed by atoms with Crippen molar-refractivity contribution < 1.29 is 9.31 Å². The number of hydrogen-bond acceptors (Lipinski definition) is 4. The topological polar surface area (TPSA) is 44.2 Å². The van der Waals surface area contributed by atoms with Gasteiger partial charge in [-0.25, -0.2) is 9.97 Å². The molecule has 0 saturated carbocycles. The summed E-state index contributed by atoms with van der Waals surface area (Å²) in [5, 5.41) is 0.663. The van der Waals surface area contributed by atoms with Gasteiger partial charge < -0.3 is 9.31 Å². The molecular formula is C16H18BClN2O2. The molecule has 0 unspecified atom stereocenters. The second-order valence-corrected chi connectivity index (χ2v) is 6.88. The first-order valence-corrected chi connectivity index (χ1v) is 7.60. The Kier molecular flexibility index (Phi) is 3.75. The highest BCUT2D eigenvalue weighted by atomic mass is 35.5. The van der Waals surface area contributed by atoms with Crippen molar-refractivity contribution in [2.24, 2.45) is 0 Å². The second-order valence-electron chi connectivity index (χ2n) is 6.44. The number of benzene rings is 1. The van der Waals surface area contributed by atoms with Crippen LogP contribution in [0.5, 0.6) is 0 Å². The summed E-state index contributed by atoms with van der Waals surface area (Å²) in [6, 6.07) is 7.47. The summed E-state index contributed by atoms with van der Waals surface area (Å²) in [5.74, 6) is 0.628. The molecule has 0 atom stereocenters. The maximum absolute atomic E-state index is 6.00. The Hall–Kier alpha value is -1.43. The van der Waals surface area contributed by atoms with Gasteiger partial charge in [0.25, 0.3) is 0 Å². The molecule has 1 aliphatic rings. The van der Waals surface area contributed by atoms with Gasteiger partial charge in [-0.3, -0.25) is 0 Å². The summed E-state index contributed by atoms with van der Waals surface area (Å²) in [7, 11) is -0.446. The number of rotatable bonds is 2. The smallest absolute Gasteiger partial charge is 0.399 e. The Labute approximate surface area is 136 Å². The van der Waals surface area contributed by atoms with Gasteiger partial charge in [-0.05, 0) is 39.8 Å². The van der Waals surface area contributed by atoms with E-state index >= 15 is 0 Å². The zero-order chi connectivity index (χ0) is 16.0. The molecule has 2 aromatic rings. The second kappa shape index (κ2) is 5.34. The molecule has 0 radical (unpaired) electrons. The zero-order valence-electron chi connectivity index (χ0n) is 13.1. The monoisotopic (exact) mass is 316 g/mol. The van der Waals surface area contributed by atoms with Gasteiger partial charge in [0.2, 0.25) is 0 Å². The van der Waals surface area contributed by atoms with Crippen molar-refractivity contribution in [2.75, 3.05) is 0 Å². The van der Waals surface area contributed by atoms with Crippen LogP contribution in [0.1, 0.15) is 27.7 Å². The minimum Gasteiger partial charge on any atom is -0.399 e. The minimum atomic E-state index is -0.446. The van der Waals surface area contributed by atoms with Crippen LogP contribution in [0.2, 0.25) is 5.02 Å². The van der Waals surface area contributed by atoms with Crippen molar-refractivity contribution in [3.05, 3.63) is 41.7 Å². The van der Waals surface area contributed by atoms with Gasteiger partial charge in [0.05, 0.1) is 11.2 Å². The van der Waals surface area contributed by atoms with Crippen molar-refractivity contribution in [2.45, 2.75) is 38.9 Å². The van der Waals surface area contributed by atoms with E-state index in [0.717, 1.165) is 11.0 Å². The third-order valence-corrected chi connectivity index (χ3v) is 4.52. The maximum Gasteiger partial charge on any atom is 0.498 e. The lowest BCUT2D eigenvalue weighted by molar-refractivity contribution is 0.00578. The zero-order valence-corrected chi connectivity index (χ0v) is 13.9. The van der Waals surface area contributed by atoms with E-state index in [2.05, 4.69) is 9.97 Å². The number of nitrogens with zero attached hydrogens (tertiary/aromatic N) is 2. The van der Waals surface area contributed by atoms with Gasteiger partial charge in [0, 0.05) is 28.4 Å². The molecule has 6 heteroatoms. The molecule has 1 saturated heterocycles. The summed E-state index contributed by atoms with van der Waals surface area (Å²) in [4.78, 5) is 8.80. The average molecular weight is 317 g/mol. The van der Waals surface area contributed by atoms with Crippen LogP contribution in [0.3, 0.4) is 0 Å². The molecule has 1 aromatic heterocycles. The lowest BCUT2D eigenvalue weighted by Crippen LogP contribution is -2.41. The first-order chi connectivity index (χ1) is 10.3. The van der Waals surface area contributed by atoms with Crippen LogP contribution in [0.15, 0.2) is 36.7 Å². The lowest BCUT2D eigenvalue weighted by Gasteiger charge is -2.32. The number of halogens is 1. The van der Waals surface area contributed by atoms with Crippen LogP contribution >= 0.6 is 11.6 Å². The Balaban J connectivity index is 1.84. The average Bonchev–Trinajstić information content (AvgIpc) is 2.68. The first-order valence-electron chi connectivity index (χ1n) is 7.22. The van der Waals surface area contributed by atoms with Crippen LogP contribution in [0, 0.1) is 0 Å². The van der Waals surface area contributed by atoms with E-state index in [-0.39, 0.29) is 11.2 Å². The maximum atomic E-state index is 6.00. The molecule has 4 nitrogen and oxygen atoms in total. The molecule has 1 aromatic carbocycles. The van der Waals surface area contributed by atoms with Crippen LogP contribution in [0.25, 0.3) is 11.4 Å². The normalized spacial score (nSPS) is 19.4. The van der Waals surface area contributed by atoms with E-state index in [1.54, 1.807) is 12.4 Å². The van der Waals surface area contributed by atoms with E-state index in [1.165, 1.54) is 0 Å². The Bertz CT molecular complexity index is 673. The molecule has 2 heterocycles. The Morgan fingerprint density at radius 3 is 2.14 bits per heavy atom. The molecule has 0 spiro atoms. The summed E-state index contributed by atoms with van der Waals surface area (Å²) in [6.07, 6.45) is 3.48. The van der Waals surface area contributed by atoms with Crippen LogP contribution in [-0.4, -0.2) is 28.3 Å². The molecule has 114 valence electrons. The third kappa shape index (κ3) is 2.76. The molecule has 0 aliphatic carbocycles. The molecule has 0 amide bonds. The van der Waals surface area contributed by atoms with Crippen molar-refractivity contribution >= 4 is 24.2 Å². The Morgan fingerprint density at radius 2 is 1.59 bits per heavy atom. The summed E-state index contributed by atoms with van der Waals surface area (Å²) < 4.78 is 12.0. The van der Waals surface area contributed by atoms with E-state index in [0.29, 0.717) is 10.8 Å². The van der Waals surface area contributed by atoms with Gasteiger partial charge in [0.1, 0.15) is 0 Å². The number of aromatic nitrogens is 2. The largest absolute Gasteiger partial charge is 0.498 e.